The molecular weight excluding hydrogens is 266 g/mol. The molecule has 1 aromatic carbocycles. The normalized spacial score (nSPS) is 14.4. The third-order valence-corrected chi connectivity index (χ3v) is 3.56. The predicted octanol–water partition coefficient (Wildman–Crippen LogP) is 1.70. The molecule has 0 atom stereocenters. The third kappa shape index (κ3) is 3.34. The van der Waals surface area contributed by atoms with Gasteiger partial charge in [0.15, 0.2) is 0 Å². The summed E-state index contributed by atoms with van der Waals surface area (Å²) in [5.41, 5.74) is 8.10. The summed E-state index contributed by atoms with van der Waals surface area (Å²) < 4.78 is 1.52. The number of carbonyl (C=O) groups excluding carboxylic acids is 1. The number of nitrogens with zero attached hydrogens (tertiary/aromatic N) is 3. The molecule has 6 heteroatoms. The Morgan fingerprint density at radius 1 is 1.33 bits per heavy atom. The molecule has 110 valence electrons. The molecule has 0 radical (unpaired) electrons. The molecular formula is C15H19N5O. The maximum Gasteiger partial charge on any atom is 0.246 e. The second-order valence-electron chi connectivity index (χ2n) is 5.26. The van der Waals surface area contributed by atoms with E-state index in [9.17, 15) is 4.79 Å². The third-order valence-electron chi connectivity index (χ3n) is 3.56. The van der Waals surface area contributed by atoms with Crippen LogP contribution in [0.15, 0.2) is 36.7 Å². The Morgan fingerprint density at radius 3 is 2.86 bits per heavy atom. The summed E-state index contributed by atoms with van der Waals surface area (Å²) in [7, 11) is 0. The second kappa shape index (κ2) is 5.87. The topological polar surface area (TPSA) is 76.2 Å². The summed E-state index contributed by atoms with van der Waals surface area (Å²) in [5, 5.41) is 6.90. The number of nitrogens with two attached hydrogens (primary N) is 1. The predicted molar refractivity (Wildman–Crippen MR) is 83.2 cm³/mol. The summed E-state index contributed by atoms with van der Waals surface area (Å²) in [6.45, 7) is 2.33. The maximum absolute atomic E-state index is 12.0. The largest absolute Gasteiger partial charge is 0.396 e. The van der Waals surface area contributed by atoms with E-state index in [0.717, 1.165) is 24.5 Å². The van der Waals surface area contributed by atoms with Crippen LogP contribution in [0.5, 0.6) is 0 Å². The van der Waals surface area contributed by atoms with E-state index in [1.54, 1.807) is 6.20 Å². The first-order valence-electron chi connectivity index (χ1n) is 7.13. The maximum atomic E-state index is 12.0. The molecule has 3 rings (SSSR count). The number of hydrogen-bond donors (Lipinski definition) is 2. The molecule has 0 spiro atoms. The molecule has 2 aromatic rings. The van der Waals surface area contributed by atoms with Crippen LogP contribution in [0.25, 0.3) is 0 Å². The molecule has 1 amide bonds. The average molecular weight is 285 g/mol. The average Bonchev–Trinajstić information content (AvgIpc) is 3.11. The second-order valence-corrected chi connectivity index (χ2v) is 5.26. The first-order valence-corrected chi connectivity index (χ1v) is 7.13. The Hall–Kier alpha value is -2.50. The van der Waals surface area contributed by atoms with Crippen molar-refractivity contribution in [1.29, 1.82) is 0 Å². The molecule has 21 heavy (non-hydrogen) atoms. The van der Waals surface area contributed by atoms with Crippen molar-refractivity contribution >= 4 is 23.0 Å². The number of aromatic nitrogens is 2. The van der Waals surface area contributed by atoms with Crippen LogP contribution in [0.4, 0.5) is 17.1 Å². The highest BCUT2D eigenvalue weighted by Gasteiger charge is 2.13. The van der Waals surface area contributed by atoms with Gasteiger partial charge >= 0.3 is 0 Å². The summed E-state index contributed by atoms with van der Waals surface area (Å²) in [6, 6.07) is 7.96. The lowest BCUT2D eigenvalue weighted by Gasteiger charge is -2.18. The van der Waals surface area contributed by atoms with Gasteiger partial charge in [0.25, 0.3) is 0 Å². The lowest BCUT2D eigenvalue weighted by Crippen LogP contribution is -2.20. The van der Waals surface area contributed by atoms with Crippen molar-refractivity contribution in [2.24, 2.45) is 0 Å². The Balaban J connectivity index is 1.64. The Bertz CT molecular complexity index is 630. The number of hydrogen-bond acceptors (Lipinski definition) is 4. The monoisotopic (exact) mass is 285 g/mol. The Labute approximate surface area is 123 Å². The standard InChI is InChI=1S/C15H19N5O/c16-12-9-17-20(10-12)11-15(21)18-13-4-3-5-14(8-13)19-6-1-2-7-19/h3-5,8-10H,1-2,6-7,11,16H2,(H,18,21). The van der Waals surface area contributed by atoms with E-state index >= 15 is 0 Å². The molecule has 6 nitrogen and oxygen atoms in total. The summed E-state index contributed by atoms with van der Waals surface area (Å²) in [4.78, 5) is 14.3. The van der Waals surface area contributed by atoms with Gasteiger partial charge in [-0.05, 0) is 31.0 Å². The van der Waals surface area contributed by atoms with Crippen molar-refractivity contribution < 1.29 is 4.79 Å². The van der Waals surface area contributed by atoms with Crippen LogP contribution < -0.4 is 16.0 Å². The van der Waals surface area contributed by atoms with Gasteiger partial charge < -0.3 is 16.0 Å². The van der Waals surface area contributed by atoms with E-state index in [4.69, 9.17) is 5.73 Å². The van der Waals surface area contributed by atoms with Crippen molar-refractivity contribution in [2.45, 2.75) is 19.4 Å². The Morgan fingerprint density at radius 2 is 2.14 bits per heavy atom. The van der Waals surface area contributed by atoms with Crippen LogP contribution in [0.2, 0.25) is 0 Å². The highest BCUT2D eigenvalue weighted by atomic mass is 16.2. The number of nitrogens with one attached hydrogen (secondary N) is 1. The molecule has 1 aromatic heterocycles. The van der Waals surface area contributed by atoms with Gasteiger partial charge in [0.2, 0.25) is 5.91 Å². The lowest BCUT2D eigenvalue weighted by atomic mass is 10.2. The van der Waals surface area contributed by atoms with Crippen molar-refractivity contribution in [3.63, 3.8) is 0 Å². The van der Waals surface area contributed by atoms with Crippen LogP contribution in [0, 0.1) is 0 Å². The minimum absolute atomic E-state index is 0.114. The fraction of sp³-hybridized carbons (Fsp3) is 0.333. The summed E-state index contributed by atoms with van der Waals surface area (Å²) in [5.74, 6) is -0.114. The van der Waals surface area contributed by atoms with E-state index in [-0.39, 0.29) is 12.5 Å². The van der Waals surface area contributed by atoms with Crippen molar-refractivity contribution in [3.05, 3.63) is 36.7 Å². The highest BCUT2D eigenvalue weighted by Crippen LogP contribution is 2.23. The van der Waals surface area contributed by atoms with Gasteiger partial charge in [0.05, 0.1) is 11.9 Å². The first kappa shape index (κ1) is 13.5. The van der Waals surface area contributed by atoms with Crippen LogP contribution in [0.1, 0.15) is 12.8 Å². The van der Waals surface area contributed by atoms with Crippen LogP contribution in [-0.2, 0) is 11.3 Å². The van der Waals surface area contributed by atoms with E-state index in [1.807, 2.05) is 18.2 Å². The number of rotatable bonds is 4. The summed E-state index contributed by atoms with van der Waals surface area (Å²) >= 11 is 0. The molecule has 3 N–H and O–H groups in total. The smallest absolute Gasteiger partial charge is 0.246 e. The zero-order valence-corrected chi connectivity index (χ0v) is 11.8. The van der Waals surface area contributed by atoms with E-state index in [0.29, 0.717) is 5.69 Å². The van der Waals surface area contributed by atoms with Gasteiger partial charge in [-0.25, -0.2) is 0 Å². The van der Waals surface area contributed by atoms with Crippen molar-refractivity contribution in [2.75, 3.05) is 29.0 Å². The molecule has 1 saturated heterocycles. The molecule has 0 saturated carbocycles. The fourth-order valence-electron chi connectivity index (χ4n) is 2.57. The van der Waals surface area contributed by atoms with Gasteiger partial charge in [0, 0.05) is 30.7 Å². The van der Waals surface area contributed by atoms with Gasteiger partial charge in [-0.3, -0.25) is 9.48 Å². The molecule has 1 fully saturated rings. The van der Waals surface area contributed by atoms with Gasteiger partial charge in [-0.2, -0.15) is 5.10 Å². The van der Waals surface area contributed by atoms with Gasteiger partial charge in [-0.15, -0.1) is 0 Å². The number of amides is 1. The van der Waals surface area contributed by atoms with Gasteiger partial charge in [-0.1, -0.05) is 6.07 Å². The molecule has 1 aliphatic heterocycles. The Kier molecular flexibility index (Phi) is 3.77. The highest BCUT2D eigenvalue weighted by molar-refractivity contribution is 5.91. The van der Waals surface area contributed by atoms with Crippen LogP contribution in [0.3, 0.4) is 0 Å². The zero-order chi connectivity index (χ0) is 14.7. The lowest BCUT2D eigenvalue weighted by molar-refractivity contribution is -0.116. The van der Waals surface area contributed by atoms with E-state index in [1.165, 1.54) is 23.7 Å². The molecule has 1 aliphatic rings. The number of carbonyl (C=O) groups is 1. The minimum Gasteiger partial charge on any atom is -0.396 e. The fourth-order valence-corrected chi connectivity index (χ4v) is 2.57. The van der Waals surface area contributed by atoms with Crippen molar-refractivity contribution in [1.82, 2.24) is 9.78 Å². The van der Waals surface area contributed by atoms with Gasteiger partial charge in [0.1, 0.15) is 6.54 Å². The molecule has 0 bridgehead atoms. The summed E-state index contributed by atoms with van der Waals surface area (Å²) in [6.07, 6.45) is 5.64. The SMILES string of the molecule is Nc1cnn(CC(=O)Nc2cccc(N3CCCC3)c2)c1. The quantitative estimate of drug-likeness (QED) is 0.896. The van der Waals surface area contributed by atoms with Crippen LogP contribution >= 0.6 is 0 Å². The number of anilines is 3. The van der Waals surface area contributed by atoms with E-state index in [2.05, 4.69) is 21.4 Å². The molecule has 0 unspecified atom stereocenters. The zero-order valence-electron chi connectivity index (χ0n) is 11.8. The number of benzene rings is 1. The first-order chi connectivity index (χ1) is 10.2. The number of nitrogen functional groups attached to an aromatic ring is 1. The van der Waals surface area contributed by atoms with Crippen LogP contribution in [-0.4, -0.2) is 28.8 Å². The van der Waals surface area contributed by atoms with E-state index < -0.39 is 0 Å². The van der Waals surface area contributed by atoms with Crippen molar-refractivity contribution in [3.8, 4) is 0 Å². The minimum atomic E-state index is -0.114. The molecule has 0 aliphatic carbocycles. The molecule has 2 heterocycles.